The van der Waals surface area contributed by atoms with Crippen molar-refractivity contribution in [2.24, 2.45) is 11.7 Å². The summed E-state index contributed by atoms with van der Waals surface area (Å²) >= 11 is 0. The number of halogens is 1. The fraction of sp³-hybridized carbons (Fsp3) is 0.647. The smallest absolute Gasteiger partial charge is 0.125 e. The van der Waals surface area contributed by atoms with Gasteiger partial charge in [-0.05, 0) is 42.9 Å². The summed E-state index contributed by atoms with van der Waals surface area (Å²) in [4.78, 5) is 2.37. The molecule has 0 amide bonds. The van der Waals surface area contributed by atoms with Crippen LogP contribution in [0, 0.1) is 11.7 Å². The van der Waals surface area contributed by atoms with Gasteiger partial charge in [0.05, 0.1) is 5.54 Å². The molecule has 1 aliphatic rings. The molecule has 2 atom stereocenters. The van der Waals surface area contributed by atoms with Crippen molar-refractivity contribution in [3.05, 3.63) is 29.6 Å². The second-order valence-corrected chi connectivity index (χ2v) is 6.17. The zero-order valence-corrected chi connectivity index (χ0v) is 13.0. The second kappa shape index (κ2) is 6.13. The molecular formula is C17H27FN2. The minimum Gasteiger partial charge on any atom is -0.364 e. The molecule has 0 bridgehead atoms. The van der Waals surface area contributed by atoms with Gasteiger partial charge in [-0.25, -0.2) is 4.39 Å². The molecule has 0 aliphatic carbocycles. The van der Waals surface area contributed by atoms with E-state index in [1.165, 1.54) is 5.56 Å². The van der Waals surface area contributed by atoms with Gasteiger partial charge in [0.15, 0.2) is 0 Å². The van der Waals surface area contributed by atoms with Crippen molar-refractivity contribution in [3.63, 3.8) is 0 Å². The molecule has 1 aromatic rings. The normalized spacial score (nSPS) is 18.8. The van der Waals surface area contributed by atoms with Crippen molar-refractivity contribution in [2.45, 2.75) is 52.0 Å². The molecule has 0 saturated carbocycles. The number of hydrogen-bond acceptors (Lipinski definition) is 2. The van der Waals surface area contributed by atoms with Crippen LogP contribution in [0.25, 0.3) is 0 Å². The molecular weight excluding hydrogens is 251 g/mol. The minimum atomic E-state index is -0.152. The van der Waals surface area contributed by atoms with Gasteiger partial charge < -0.3 is 10.6 Å². The maximum absolute atomic E-state index is 13.6. The van der Waals surface area contributed by atoms with Crippen LogP contribution in [0.4, 0.5) is 10.1 Å². The van der Waals surface area contributed by atoms with Crippen molar-refractivity contribution in [1.82, 2.24) is 0 Å². The lowest BCUT2D eigenvalue weighted by Gasteiger charge is -2.44. The van der Waals surface area contributed by atoms with Gasteiger partial charge in [0.1, 0.15) is 5.82 Å². The average molecular weight is 278 g/mol. The first-order valence-corrected chi connectivity index (χ1v) is 7.82. The Morgan fingerprint density at radius 3 is 2.75 bits per heavy atom. The summed E-state index contributed by atoms with van der Waals surface area (Å²) in [5.41, 5.74) is 8.44. The summed E-state index contributed by atoms with van der Waals surface area (Å²) < 4.78 is 13.6. The highest BCUT2D eigenvalue weighted by atomic mass is 19.1. The van der Waals surface area contributed by atoms with Crippen molar-refractivity contribution < 1.29 is 4.39 Å². The van der Waals surface area contributed by atoms with Crippen molar-refractivity contribution in [1.29, 1.82) is 0 Å². The number of fused-ring (bicyclic) bond motifs is 1. The van der Waals surface area contributed by atoms with Gasteiger partial charge in [0.2, 0.25) is 0 Å². The Balaban J connectivity index is 2.35. The van der Waals surface area contributed by atoms with Crippen LogP contribution in [0.5, 0.6) is 0 Å². The maximum Gasteiger partial charge on any atom is 0.125 e. The topological polar surface area (TPSA) is 29.3 Å². The lowest BCUT2D eigenvalue weighted by atomic mass is 9.83. The molecule has 1 aromatic carbocycles. The number of anilines is 1. The van der Waals surface area contributed by atoms with E-state index < -0.39 is 0 Å². The van der Waals surface area contributed by atoms with Crippen LogP contribution in [0.3, 0.4) is 0 Å². The summed E-state index contributed by atoms with van der Waals surface area (Å²) in [5.74, 6) is 0.484. The fourth-order valence-electron chi connectivity index (χ4n) is 3.42. The van der Waals surface area contributed by atoms with E-state index in [2.05, 4.69) is 25.7 Å². The third kappa shape index (κ3) is 2.69. The van der Waals surface area contributed by atoms with Gasteiger partial charge >= 0.3 is 0 Å². The van der Waals surface area contributed by atoms with E-state index in [9.17, 15) is 4.39 Å². The molecule has 3 heteroatoms. The SMILES string of the molecule is CCC(C)CC(CC)(CN)N1CCc2ccc(F)cc21. The van der Waals surface area contributed by atoms with E-state index in [1.54, 1.807) is 12.1 Å². The Hall–Kier alpha value is -1.09. The molecule has 2 unspecified atom stereocenters. The van der Waals surface area contributed by atoms with Gasteiger partial charge in [-0.15, -0.1) is 0 Å². The molecule has 112 valence electrons. The van der Waals surface area contributed by atoms with Crippen LogP contribution >= 0.6 is 0 Å². The first-order valence-electron chi connectivity index (χ1n) is 7.82. The highest BCUT2D eigenvalue weighted by molar-refractivity contribution is 5.60. The van der Waals surface area contributed by atoms with Gasteiger partial charge in [-0.2, -0.15) is 0 Å². The van der Waals surface area contributed by atoms with Crippen LogP contribution in [-0.2, 0) is 6.42 Å². The Kier molecular flexibility index (Phi) is 4.69. The summed E-state index contributed by atoms with van der Waals surface area (Å²) in [7, 11) is 0. The number of nitrogens with zero attached hydrogens (tertiary/aromatic N) is 1. The van der Waals surface area contributed by atoms with Crippen LogP contribution in [0.2, 0.25) is 0 Å². The Morgan fingerprint density at radius 2 is 2.15 bits per heavy atom. The monoisotopic (exact) mass is 278 g/mol. The number of benzene rings is 1. The molecule has 20 heavy (non-hydrogen) atoms. The Labute approximate surface area is 122 Å². The Morgan fingerprint density at radius 1 is 1.40 bits per heavy atom. The molecule has 1 heterocycles. The van der Waals surface area contributed by atoms with Crippen molar-refractivity contribution in [3.8, 4) is 0 Å². The average Bonchev–Trinajstić information content (AvgIpc) is 2.88. The van der Waals surface area contributed by atoms with Crippen molar-refractivity contribution >= 4 is 5.69 Å². The molecule has 0 aromatic heterocycles. The first-order chi connectivity index (χ1) is 9.56. The first kappa shape index (κ1) is 15.3. The molecule has 2 nitrogen and oxygen atoms in total. The molecule has 1 aliphatic heterocycles. The molecule has 0 fully saturated rings. The molecule has 0 radical (unpaired) electrons. The van der Waals surface area contributed by atoms with Crippen LogP contribution in [-0.4, -0.2) is 18.6 Å². The van der Waals surface area contributed by atoms with Crippen LogP contribution in [0.1, 0.15) is 45.6 Å². The van der Waals surface area contributed by atoms with E-state index in [1.807, 2.05) is 6.07 Å². The van der Waals surface area contributed by atoms with Crippen LogP contribution < -0.4 is 10.6 Å². The van der Waals surface area contributed by atoms with Crippen molar-refractivity contribution in [2.75, 3.05) is 18.0 Å². The van der Waals surface area contributed by atoms with Crippen LogP contribution in [0.15, 0.2) is 18.2 Å². The molecule has 2 rings (SSSR count). The van der Waals surface area contributed by atoms with Gasteiger partial charge in [-0.1, -0.05) is 33.3 Å². The quantitative estimate of drug-likeness (QED) is 0.859. The highest BCUT2D eigenvalue weighted by Gasteiger charge is 2.38. The summed E-state index contributed by atoms with van der Waals surface area (Å²) in [6.45, 7) is 8.29. The van der Waals surface area contributed by atoms with Gasteiger partial charge in [0, 0.05) is 18.8 Å². The van der Waals surface area contributed by atoms with E-state index in [-0.39, 0.29) is 11.4 Å². The maximum atomic E-state index is 13.6. The Bertz CT molecular complexity index is 454. The number of hydrogen-bond donors (Lipinski definition) is 1. The minimum absolute atomic E-state index is 0.0333. The third-order valence-corrected chi connectivity index (χ3v) is 4.98. The van der Waals surface area contributed by atoms with Gasteiger partial charge in [-0.3, -0.25) is 0 Å². The summed E-state index contributed by atoms with van der Waals surface area (Å²) in [6.07, 6.45) is 4.24. The largest absolute Gasteiger partial charge is 0.364 e. The third-order valence-electron chi connectivity index (χ3n) is 4.98. The zero-order valence-electron chi connectivity index (χ0n) is 13.0. The predicted octanol–water partition coefficient (Wildman–Crippen LogP) is 3.73. The van der Waals surface area contributed by atoms with E-state index in [0.717, 1.165) is 37.9 Å². The lowest BCUT2D eigenvalue weighted by Crippen LogP contribution is -2.54. The zero-order chi connectivity index (χ0) is 14.8. The molecule has 0 spiro atoms. The standard InChI is InChI=1S/C17H27FN2/c1-4-13(3)11-17(5-2,12-19)20-9-8-14-6-7-15(18)10-16(14)20/h6-7,10,13H,4-5,8-9,11-12,19H2,1-3H3. The molecule has 0 saturated heterocycles. The van der Waals surface area contributed by atoms with E-state index in [4.69, 9.17) is 5.73 Å². The fourth-order valence-corrected chi connectivity index (χ4v) is 3.42. The second-order valence-electron chi connectivity index (χ2n) is 6.17. The van der Waals surface area contributed by atoms with E-state index in [0.29, 0.717) is 12.5 Å². The van der Waals surface area contributed by atoms with E-state index >= 15 is 0 Å². The van der Waals surface area contributed by atoms with Gasteiger partial charge in [0.25, 0.3) is 0 Å². The highest BCUT2D eigenvalue weighted by Crippen LogP contribution is 2.38. The number of rotatable bonds is 6. The number of nitrogens with two attached hydrogens (primary N) is 1. The summed E-state index contributed by atoms with van der Waals surface area (Å²) in [6, 6.07) is 5.16. The lowest BCUT2D eigenvalue weighted by molar-refractivity contribution is 0.301. The predicted molar refractivity (Wildman–Crippen MR) is 83.6 cm³/mol. The molecule has 2 N–H and O–H groups in total. The summed E-state index contributed by atoms with van der Waals surface area (Å²) in [5, 5.41) is 0.